The Labute approximate surface area is 131 Å². The normalized spacial score (nSPS) is 11.8. The first-order chi connectivity index (χ1) is 10.0. The molecular weight excluding hydrogens is 336 g/mol. The lowest BCUT2D eigenvalue weighted by Gasteiger charge is -2.16. The molecule has 0 aromatic heterocycles. The Kier molecular flexibility index (Phi) is 4.80. The molecule has 110 valence electrons. The van der Waals surface area contributed by atoms with Crippen molar-refractivity contribution >= 4 is 27.3 Å². The minimum absolute atomic E-state index is 0.000814. The van der Waals surface area contributed by atoms with Crippen LogP contribution >= 0.6 is 15.9 Å². The highest BCUT2D eigenvalue weighted by atomic mass is 79.9. The van der Waals surface area contributed by atoms with Crippen molar-refractivity contribution < 1.29 is 9.66 Å². The predicted molar refractivity (Wildman–Crippen MR) is 85.8 cm³/mol. The third-order valence-electron chi connectivity index (χ3n) is 3.12. The summed E-state index contributed by atoms with van der Waals surface area (Å²) in [7, 11) is 1.62. The minimum atomic E-state index is -0.411. The van der Waals surface area contributed by atoms with Crippen molar-refractivity contribution in [2.45, 2.75) is 13.0 Å². The number of rotatable bonds is 5. The highest BCUT2D eigenvalue weighted by Crippen LogP contribution is 2.30. The van der Waals surface area contributed by atoms with Gasteiger partial charge in [-0.3, -0.25) is 10.1 Å². The van der Waals surface area contributed by atoms with Crippen LogP contribution < -0.4 is 10.1 Å². The number of nitro groups is 1. The van der Waals surface area contributed by atoms with Crippen LogP contribution in [0.2, 0.25) is 0 Å². The molecule has 0 fully saturated rings. The van der Waals surface area contributed by atoms with E-state index < -0.39 is 4.92 Å². The van der Waals surface area contributed by atoms with Gasteiger partial charge in [0.2, 0.25) is 0 Å². The van der Waals surface area contributed by atoms with Gasteiger partial charge in [0.15, 0.2) is 0 Å². The lowest BCUT2D eigenvalue weighted by Crippen LogP contribution is -2.07. The van der Waals surface area contributed by atoms with Crippen LogP contribution in [0.25, 0.3) is 0 Å². The van der Waals surface area contributed by atoms with Crippen LogP contribution in [0.4, 0.5) is 11.4 Å². The van der Waals surface area contributed by atoms with Crippen molar-refractivity contribution in [3.63, 3.8) is 0 Å². The Morgan fingerprint density at radius 3 is 2.71 bits per heavy atom. The molecular formula is C15H15BrN2O3. The topological polar surface area (TPSA) is 64.4 Å². The molecule has 6 heteroatoms. The van der Waals surface area contributed by atoms with Crippen LogP contribution in [-0.2, 0) is 0 Å². The molecule has 2 aromatic rings. The van der Waals surface area contributed by atoms with Crippen molar-refractivity contribution in [2.75, 3.05) is 12.4 Å². The quantitative estimate of drug-likeness (QED) is 0.635. The van der Waals surface area contributed by atoms with Gasteiger partial charge >= 0.3 is 0 Å². The number of hydrogen-bond donors (Lipinski definition) is 1. The van der Waals surface area contributed by atoms with Gasteiger partial charge in [0.05, 0.1) is 16.5 Å². The summed E-state index contributed by atoms with van der Waals surface area (Å²) in [5.41, 5.74) is 1.78. The SMILES string of the molecule is COc1cccc(C(C)Nc2ccc(Br)c([N+](=O)[O-])c2)c1. The average Bonchev–Trinajstić information content (AvgIpc) is 2.49. The number of ether oxygens (including phenoxy) is 1. The van der Waals surface area contributed by atoms with Gasteiger partial charge in [0, 0.05) is 17.8 Å². The highest BCUT2D eigenvalue weighted by molar-refractivity contribution is 9.10. The lowest BCUT2D eigenvalue weighted by atomic mass is 10.1. The number of benzene rings is 2. The third-order valence-corrected chi connectivity index (χ3v) is 3.79. The molecule has 2 aromatic carbocycles. The molecule has 21 heavy (non-hydrogen) atoms. The van der Waals surface area contributed by atoms with Gasteiger partial charge in [-0.2, -0.15) is 0 Å². The highest BCUT2D eigenvalue weighted by Gasteiger charge is 2.14. The summed E-state index contributed by atoms with van der Waals surface area (Å²) < 4.78 is 5.66. The summed E-state index contributed by atoms with van der Waals surface area (Å²) in [6, 6.07) is 12.7. The molecule has 0 heterocycles. The maximum atomic E-state index is 10.9. The smallest absolute Gasteiger partial charge is 0.285 e. The number of anilines is 1. The summed E-state index contributed by atoms with van der Waals surface area (Å²) in [5.74, 6) is 0.780. The van der Waals surface area contributed by atoms with E-state index in [4.69, 9.17) is 4.74 Å². The second kappa shape index (κ2) is 6.58. The molecule has 0 aliphatic rings. The van der Waals surface area contributed by atoms with Crippen molar-refractivity contribution in [3.05, 3.63) is 62.6 Å². The zero-order valence-corrected chi connectivity index (χ0v) is 13.3. The van der Waals surface area contributed by atoms with Crippen LogP contribution in [0.5, 0.6) is 5.75 Å². The van der Waals surface area contributed by atoms with Crippen molar-refractivity contribution in [1.29, 1.82) is 0 Å². The fraction of sp³-hybridized carbons (Fsp3) is 0.200. The molecule has 0 radical (unpaired) electrons. The van der Waals surface area contributed by atoms with Crippen LogP contribution in [0.1, 0.15) is 18.5 Å². The Hall–Kier alpha value is -2.08. The number of halogens is 1. The molecule has 0 aliphatic heterocycles. The van der Waals surface area contributed by atoms with E-state index in [-0.39, 0.29) is 11.7 Å². The first-order valence-electron chi connectivity index (χ1n) is 6.35. The number of nitrogens with one attached hydrogen (secondary N) is 1. The van der Waals surface area contributed by atoms with E-state index in [1.165, 1.54) is 6.07 Å². The summed E-state index contributed by atoms with van der Waals surface area (Å²) >= 11 is 3.18. The molecule has 5 nitrogen and oxygen atoms in total. The van der Waals surface area contributed by atoms with Crippen LogP contribution in [0.15, 0.2) is 46.9 Å². The Morgan fingerprint density at radius 1 is 1.29 bits per heavy atom. The van der Waals surface area contributed by atoms with Gasteiger partial charge in [-0.25, -0.2) is 0 Å². The second-order valence-corrected chi connectivity index (χ2v) is 5.42. The molecule has 1 N–H and O–H groups in total. The van der Waals surface area contributed by atoms with E-state index in [1.807, 2.05) is 31.2 Å². The maximum Gasteiger partial charge on any atom is 0.285 e. The Balaban J connectivity index is 2.21. The van der Waals surface area contributed by atoms with E-state index in [2.05, 4.69) is 21.2 Å². The molecule has 1 atom stereocenters. The summed E-state index contributed by atoms with van der Waals surface area (Å²) in [6.07, 6.45) is 0. The molecule has 0 saturated carbocycles. The Morgan fingerprint density at radius 2 is 2.05 bits per heavy atom. The number of methoxy groups -OCH3 is 1. The molecule has 0 amide bonds. The zero-order valence-electron chi connectivity index (χ0n) is 11.7. The molecule has 0 bridgehead atoms. The monoisotopic (exact) mass is 350 g/mol. The van der Waals surface area contributed by atoms with Crippen LogP contribution in [0.3, 0.4) is 0 Å². The standard InChI is InChI=1S/C15H15BrN2O3/c1-10(11-4-3-5-13(8-11)21-2)17-12-6-7-14(16)15(9-12)18(19)20/h3-10,17H,1-2H3. The summed E-state index contributed by atoms with van der Waals surface area (Å²) in [4.78, 5) is 10.5. The molecule has 2 rings (SSSR count). The van der Waals surface area contributed by atoms with E-state index in [1.54, 1.807) is 19.2 Å². The van der Waals surface area contributed by atoms with E-state index in [9.17, 15) is 10.1 Å². The van der Waals surface area contributed by atoms with Crippen molar-refractivity contribution in [1.82, 2.24) is 0 Å². The average molecular weight is 351 g/mol. The van der Waals surface area contributed by atoms with Gasteiger partial charge < -0.3 is 10.1 Å². The van der Waals surface area contributed by atoms with E-state index >= 15 is 0 Å². The predicted octanol–water partition coefficient (Wildman–Crippen LogP) is 4.54. The molecule has 0 aliphatic carbocycles. The van der Waals surface area contributed by atoms with Gasteiger partial charge in [0.1, 0.15) is 5.75 Å². The number of hydrogen-bond acceptors (Lipinski definition) is 4. The molecule has 1 unspecified atom stereocenters. The second-order valence-electron chi connectivity index (χ2n) is 4.57. The van der Waals surface area contributed by atoms with Gasteiger partial charge in [-0.15, -0.1) is 0 Å². The first-order valence-corrected chi connectivity index (χ1v) is 7.15. The Bertz CT molecular complexity index is 661. The van der Waals surface area contributed by atoms with Crippen molar-refractivity contribution in [2.24, 2.45) is 0 Å². The summed E-state index contributed by atoms with van der Waals surface area (Å²) in [6.45, 7) is 1.99. The maximum absolute atomic E-state index is 10.9. The van der Waals surface area contributed by atoms with Gasteiger partial charge in [0.25, 0.3) is 5.69 Å². The fourth-order valence-corrected chi connectivity index (χ4v) is 2.38. The molecule has 0 spiro atoms. The fourth-order valence-electron chi connectivity index (χ4n) is 1.99. The van der Waals surface area contributed by atoms with Gasteiger partial charge in [-0.05, 0) is 52.7 Å². The lowest BCUT2D eigenvalue weighted by molar-refractivity contribution is -0.385. The van der Waals surface area contributed by atoms with Crippen LogP contribution in [-0.4, -0.2) is 12.0 Å². The van der Waals surface area contributed by atoms with Crippen LogP contribution in [0, 0.1) is 10.1 Å². The van der Waals surface area contributed by atoms with E-state index in [0.29, 0.717) is 10.2 Å². The number of nitrogens with zero attached hydrogens (tertiary/aromatic N) is 1. The van der Waals surface area contributed by atoms with E-state index in [0.717, 1.165) is 11.3 Å². The first kappa shape index (κ1) is 15.3. The minimum Gasteiger partial charge on any atom is -0.497 e. The summed E-state index contributed by atoms with van der Waals surface area (Å²) in [5, 5.41) is 14.2. The number of nitro benzene ring substituents is 1. The molecule has 0 saturated heterocycles. The zero-order chi connectivity index (χ0) is 15.4. The largest absolute Gasteiger partial charge is 0.497 e. The van der Waals surface area contributed by atoms with Crippen molar-refractivity contribution in [3.8, 4) is 5.75 Å². The third kappa shape index (κ3) is 3.72. The van der Waals surface area contributed by atoms with Gasteiger partial charge in [-0.1, -0.05) is 12.1 Å².